The number of thiophene rings is 1. The summed E-state index contributed by atoms with van der Waals surface area (Å²) in [6.07, 6.45) is 1.41. The van der Waals surface area contributed by atoms with Crippen molar-refractivity contribution in [1.29, 1.82) is 0 Å². The first-order valence-electron chi connectivity index (χ1n) is 9.49. The molecule has 0 saturated heterocycles. The Morgan fingerprint density at radius 2 is 1.77 bits per heavy atom. The molecule has 30 heavy (non-hydrogen) atoms. The van der Waals surface area contributed by atoms with Crippen LogP contribution in [0.15, 0.2) is 59.7 Å². The lowest BCUT2D eigenvalue weighted by Gasteiger charge is -2.15. The molecule has 2 aromatic carbocycles. The van der Waals surface area contributed by atoms with Crippen LogP contribution in [-0.4, -0.2) is 15.5 Å². The molecule has 2 heterocycles. The maximum Gasteiger partial charge on any atom is 0.263 e. The SMILES string of the molecule is Cc1ccc(-c2c(C)sc3ncn(C(C)C(=O)Nc4ccc(F)cc4)c(=O)c23)cc1. The molecule has 0 saturated carbocycles. The number of nitrogens with zero attached hydrogens (tertiary/aromatic N) is 2. The normalized spacial score (nSPS) is 12.1. The van der Waals surface area contributed by atoms with Crippen LogP contribution in [0, 0.1) is 19.7 Å². The fraction of sp³-hybridized carbons (Fsp3) is 0.174. The molecule has 2 aromatic heterocycles. The van der Waals surface area contributed by atoms with Gasteiger partial charge in [0.05, 0.1) is 11.7 Å². The average Bonchev–Trinajstić information content (AvgIpc) is 3.07. The smallest absolute Gasteiger partial charge is 0.263 e. The van der Waals surface area contributed by atoms with Gasteiger partial charge in [-0.3, -0.25) is 14.2 Å². The molecular formula is C23H20FN3O2S. The van der Waals surface area contributed by atoms with Gasteiger partial charge in [0.1, 0.15) is 16.7 Å². The van der Waals surface area contributed by atoms with Crippen LogP contribution in [0.3, 0.4) is 0 Å². The first-order valence-corrected chi connectivity index (χ1v) is 10.3. The quantitative estimate of drug-likeness (QED) is 0.500. The van der Waals surface area contributed by atoms with Crippen LogP contribution in [-0.2, 0) is 4.79 Å². The van der Waals surface area contributed by atoms with E-state index in [0.717, 1.165) is 21.6 Å². The zero-order valence-corrected chi connectivity index (χ0v) is 17.6. The van der Waals surface area contributed by atoms with E-state index < -0.39 is 6.04 Å². The highest BCUT2D eigenvalue weighted by atomic mass is 32.1. The van der Waals surface area contributed by atoms with E-state index in [4.69, 9.17) is 0 Å². The molecule has 0 aliphatic heterocycles. The Balaban J connectivity index is 1.74. The summed E-state index contributed by atoms with van der Waals surface area (Å²) in [6, 6.07) is 12.7. The molecule has 4 aromatic rings. The number of nitrogens with one attached hydrogen (secondary N) is 1. The first kappa shape index (κ1) is 20.0. The summed E-state index contributed by atoms with van der Waals surface area (Å²) < 4.78 is 14.4. The van der Waals surface area contributed by atoms with Crippen LogP contribution >= 0.6 is 11.3 Å². The van der Waals surface area contributed by atoms with E-state index in [-0.39, 0.29) is 17.3 Å². The summed E-state index contributed by atoms with van der Waals surface area (Å²) in [5.41, 5.74) is 3.14. The Labute approximate surface area is 176 Å². The molecule has 1 unspecified atom stereocenters. The van der Waals surface area contributed by atoms with E-state index in [2.05, 4.69) is 10.3 Å². The fourth-order valence-electron chi connectivity index (χ4n) is 3.37. The number of fused-ring (bicyclic) bond motifs is 1. The third-order valence-electron chi connectivity index (χ3n) is 5.06. The lowest BCUT2D eigenvalue weighted by atomic mass is 10.0. The number of aromatic nitrogens is 2. The van der Waals surface area contributed by atoms with E-state index in [1.807, 2.05) is 38.1 Å². The predicted molar refractivity (Wildman–Crippen MR) is 119 cm³/mol. The molecule has 0 fully saturated rings. The third kappa shape index (κ3) is 3.64. The average molecular weight is 421 g/mol. The Hall–Kier alpha value is -3.32. The van der Waals surface area contributed by atoms with E-state index in [1.165, 1.54) is 46.5 Å². The van der Waals surface area contributed by atoms with Crippen molar-refractivity contribution < 1.29 is 9.18 Å². The highest BCUT2D eigenvalue weighted by molar-refractivity contribution is 7.19. The maximum atomic E-state index is 13.3. The number of amides is 1. The van der Waals surface area contributed by atoms with Crippen molar-refractivity contribution in [2.75, 3.05) is 5.32 Å². The van der Waals surface area contributed by atoms with Crippen LogP contribution in [0.1, 0.15) is 23.4 Å². The molecular weight excluding hydrogens is 401 g/mol. The van der Waals surface area contributed by atoms with Gasteiger partial charge in [0.2, 0.25) is 5.91 Å². The van der Waals surface area contributed by atoms with Crippen molar-refractivity contribution in [3.05, 3.63) is 81.5 Å². The number of hydrogen-bond donors (Lipinski definition) is 1. The van der Waals surface area contributed by atoms with Crippen LogP contribution in [0.25, 0.3) is 21.3 Å². The Kier molecular flexibility index (Phi) is 5.22. The second kappa shape index (κ2) is 7.84. The van der Waals surface area contributed by atoms with Gasteiger partial charge in [-0.15, -0.1) is 11.3 Å². The number of hydrogen-bond acceptors (Lipinski definition) is 4. The van der Waals surface area contributed by atoms with Gasteiger partial charge < -0.3 is 5.32 Å². The topological polar surface area (TPSA) is 64.0 Å². The fourth-order valence-corrected chi connectivity index (χ4v) is 4.37. The van der Waals surface area contributed by atoms with Gasteiger partial charge in [-0.1, -0.05) is 29.8 Å². The van der Waals surface area contributed by atoms with E-state index in [0.29, 0.717) is 15.9 Å². The van der Waals surface area contributed by atoms with Crippen LogP contribution in [0.4, 0.5) is 10.1 Å². The minimum Gasteiger partial charge on any atom is -0.324 e. The van der Waals surface area contributed by atoms with Crippen molar-refractivity contribution in [2.45, 2.75) is 26.8 Å². The first-order chi connectivity index (χ1) is 14.3. The zero-order valence-electron chi connectivity index (χ0n) is 16.8. The summed E-state index contributed by atoms with van der Waals surface area (Å²) in [6.45, 7) is 5.62. The number of halogens is 1. The zero-order chi connectivity index (χ0) is 21.4. The molecule has 0 spiro atoms. The van der Waals surface area contributed by atoms with E-state index in [1.54, 1.807) is 6.92 Å². The van der Waals surface area contributed by atoms with Crippen molar-refractivity contribution in [2.24, 2.45) is 0 Å². The molecule has 1 amide bonds. The highest BCUT2D eigenvalue weighted by Gasteiger charge is 2.22. The second-order valence-electron chi connectivity index (χ2n) is 7.21. The number of anilines is 1. The van der Waals surface area contributed by atoms with Crippen molar-refractivity contribution in [3.8, 4) is 11.1 Å². The number of aryl methyl sites for hydroxylation is 2. The van der Waals surface area contributed by atoms with Crippen molar-refractivity contribution >= 4 is 33.1 Å². The largest absolute Gasteiger partial charge is 0.324 e. The number of rotatable bonds is 4. The van der Waals surface area contributed by atoms with Crippen LogP contribution in [0.5, 0.6) is 0 Å². The maximum absolute atomic E-state index is 13.3. The predicted octanol–water partition coefficient (Wildman–Crippen LogP) is 5.08. The Bertz CT molecular complexity index is 1290. The van der Waals surface area contributed by atoms with Gasteiger partial charge >= 0.3 is 0 Å². The molecule has 0 radical (unpaired) electrons. The summed E-state index contributed by atoms with van der Waals surface area (Å²) >= 11 is 1.46. The third-order valence-corrected chi connectivity index (χ3v) is 6.08. The molecule has 5 nitrogen and oxygen atoms in total. The minimum absolute atomic E-state index is 0.262. The van der Waals surface area contributed by atoms with E-state index in [9.17, 15) is 14.0 Å². The molecule has 0 aliphatic rings. The second-order valence-corrected chi connectivity index (χ2v) is 8.41. The van der Waals surface area contributed by atoms with Gasteiger partial charge in [0.25, 0.3) is 5.56 Å². The molecule has 1 atom stereocenters. The summed E-state index contributed by atoms with van der Waals surface area (Å²) in [7, 11) is 0. The van der Waals surface area contributed by atoms with Crippen LogP contribution < -0.4 is 10.9 Å². The molecule has 0 aliphatic carbocycles. The van der Waals surface area contributed by atoms with Gasteiger partial charge in [0, 0.05) is 16.1 Å². The summed E-state index contributed by atoms with van der Waals surface area (Å²) in [5.74, 6) is -0.767. The Morgan fingerprint density at radius 3 is 2.43 bits per heavy atom. The molecule has 4 rings (SSSR count). The highest BCUT2D eigenvalue weighted by Crippen LogP contribution is 2.35. The number of carbonyl (C=O) groups is 1. The van der Waals surface area contributed by atoms with Crippen molar-refractivity contribution in [3.63, 3.8) is 0 Å². The summed E-state index contributed by atoms with van der Waals surface area (Å²) in [4.78, 5) is 32.1. The minimum atomic E-state index is -0.787. The van der Waals surface area contributed by atoms with Gasteiger partial charge in [0.15, 0.2) is 0 Å². The lowest BCUT2D eigenvalue weighted by molar-refractivity contribution is -0.118. The van der Waals surface area contributed by atoms with Gasteiger partial charge in [-0.2, -0.15) is 0 Å². The Morgan fingerprint density at radius 1 is 1.10 bits per heavy atom. The monoisotopic (exact) mass is 421 g/mol. The number of benzene rings is 2. The number of carbonyl (C=O) groups excluding carboxylic acids is 1. The lowest BCUT2D eigenvalue weighted by Crippen LogP contribution is -2.31. The van der Waals surface area contributed by atoms with Gasteiger partial charge in [-0.25, -0.2) is 9.37 Å². The van der Waals surface area contributed by atoms with E-state index >= 15 is 0 Å². The van der Waals surface area contributed by atoms with Crippen LogP contribution in [0.2, 0.25) is 0 Å². The van der Waals surface area contributed by atoms with Gasteiger partial charge in [-0.05, 0) is 50.6 Å². The van der Waals surface area contributed by atoms with Crippen molar-refractivity contribution in [1.82, 2.24) is 9.55 Å². The molecule has 1 N–H and O–H groups in total. The molecule has 152 valence electrons. The summed E-state index contributed by atoms with van der Waals surface area (Å²) in [5, 5.41) is 3.23. The molecule has 7 heteroatoms. The molecule has 0 bridgehead atoms. The standard InChI is InChI=1S/C23H20FN3O2S/c1-13-4-6-16(7-5-13)19-15(3)30-22-20(19)23(29)27(12-25-22)14(2)21(28)26-18-10-8-17(24)9-11-18/h4-12,14H,1-3H3,(H,26,28).